The molecule has 5 heteroatoms. The number of halogens is 1. The summed E-state index contributed by atoms with van der Waals surface area (Å²) in [5.74, 6) is -2.14. The topological polar surface area (TPSA) is 61.2 Å². The lowest BCUT2D eigenvalue weighted by atomic mass is 10.0. The first kappa shape index (κ1) is 15.3. The maximum Gasteiger partial charge on any atom is 0.247 e. The quantitative estimate of drug-likeness (QED) is 0.634. The molecule has 1 aliphatic rings. The summed E-state index contributed by atoms with van der Waals surface area (Å²) >= 11 is 5.85. The minimum Gasteiger partial charge on any atom is -0.341 e. The average molecular weight is 303 g/mol. The van der Waals surface area contributed by atoms with Gasteiger partial charge in [-0.25, -0.2) is 0 Å². The maximum atomic E-state index is 12.1. The summed E-state index contributed by atoms with van der Waals surface area (Å²) in [7, 11) is 0. The van der Waals surface area contributed by atoms with Crippen LogP contribution in [0.1, 0.15) is 18.4 Å². The van der Waals surface area contributed by atoms with E-state index in [0.717, 1.165) is 18.4 Å². The van der Waals surface area contributed by atoms with Gasteiger partial charge in [-0.05, 0) is 36.6 Å². The minimum atomic E-state index is -1.25. The van der Waals surface area contributed by atoms with Crippen molar-refractivity contribution in [3.8, 4) is 6.07 Å². The molecule has 0 saturated carbocycles. The van der Waals surface area contributed by atoms with Crippen LogP contribution in [0, 0.1) is 17.2 Å². The SMILES string of the molecule is N#C[C@H](C(=O)/C=C/c1cccc(Cl)c1)C(=O)N1CCCC1. The Bertz CT molecular complexity index is 613. The molecule has 2 rings (SSSR count). The van der Waals surface area contributed by atoms with Crippen molar-refractivity contribution in [2.75, 3.05) is 13.1 Å². The Hall–Kier alpha value is -2.12. The molecule has 1 aliphatic heterocycles. The van der Waals surface area contributed by atoms with E-state index in [2.05, 4.69) is 0 Å². The summed E-state index contributed by atoms with van der Waals surface area (Å²) in [5, 5.41) is 9.66. The van der Waals surface area contributed by atoms with Gasteiger partial charge < -0.3 is 4.90 Å². The summed E-state index contributed by atoms with van der Waals surface area (Å²) in [4.78, 5) is 25.7. The minimum absolute atomic E-state index is 0.393. The van der Waals surface area contributed by atoms with Gasteiger partial charge in [0.05, 0.1) is 6.07 Å². The standard InChI is InChI=1S/C16H15ClN2O2/c17-13-5-3-4-12(10-13)6-7-15(20)14(11-18)16(21)19-8-1-2-9-19/h3-7,10,14H,1-2,8-9H2/b7-6+/t14-/m1/s1. The Morgan fingerprint density at radius 3 is 2.67 bits per heavy atom. The lowest BCUT2D eigenvalue weighted by Crippen LogP contribution is -2.36. The summed E-state index contributed by atoms with van der Waals surface area (Å²) < 4.78 is 0. The molecule has 4 nitrogen and oxygen atoms in total. The molecule has 21 heavy (non-hydrogen) atoms. The Morgan fingerprint density at radius 1 is 1.33 bits per heavy atom. The van der Waals surface area contributed by atoms with Crippen LogP contribution in [-0.2, 0) is 9.59 Å². The molecule has 1 fully saturated rings. The van der Waals surface area contributed by atoms with Crippen molar-refractivity contribution in [1.82, 2.24) is 4.90 Å². The fourth-order valence-electron chi connectivity index (χ4n) is 2.25. The van der Waals surface area contributed by atoms with E-state index in [1.807, 2.05) is 6.07 Å². The molecule has 0 spiro atoms. The van der Waals surface area contributed by atoms with Gasteiger partial charge >= 0.3 is 0 Å². The van der Waals surface area contributed by atoms with Crippen molar-refractivity contribution >= 4 is 29.4 Å². The first-order valence-electron chi connectivity index (χ1n) is 6.77. The Kier molecular flexibility index (Phi) is 5.13. The molecule has 1 aromatic rings. The Labute approximate surface area is 128 Å². The van der Waals surface area contributed by atoms with Crippen LogP contribution in [0.15, 0.2) is 30.3 Å². The summed E-state index contributed by atoms with van der Waals surface area (Å²) in [6.07, 6.45) is 4.69. The number of likely N-dealkylation sites (tertiary alicyclic amines) is 1. The molecule has 1 saturated heterocycles. The van der Waals surface area contributed by atoms with Gasteiger partial charge in [0.1, 0.15) is 0 Å². The van der Waals surface area contributed by atoms with E-state index in [0.29, 0.717) is 18.1 Å². The van der Waals surface area contributed by atoms with E-state index >= 15 is 0 Å². The third-order valence-corrected chi connectivity index (χ3v) is 3.60. The number of hydrogen-bond donors (Lipinski definition) is 0. The van der Waals surface area contributed by atoms with Crippen molar-refractivity contribution in [3.05, 3.63) is 40.9 Å². The van der Waals surface area contributed by atoms with Gasteiger partial charge in [-0.3, -0.25) is 9.59 Å². The first-order valence-corrected chi connectivity index (χ1v) is 7.15. The van der Waals surface area contributed by atoms with Crippen LogP contribution < -0.4 is 0 Å². The molecule has 1 aromatic carbocycles. The molecule has 1 atom stereocenters. The molecule has 0 N–H and O–H groups in total. The number of carbonyl (C=O) groups excluding carboxylic acids is 2. The average Bonchev–Trinajstić information content (AvgIpc) is 3.00. The predicted octanol–water partition coefficient (Wildman–Crippen LogP) is 2.68. The van der Waals surface area contributed by atoms with E-state index in [-0.39, 0.29) is 0 Å². The van der Waals surface area contributed by atoms with Crippen LogP contribution in [0.25, 0.3) is 6.08 Å². The molecule has 0 aliphatic carbocycles. The molecule has 0 bridgehead atoms. The van der Waals surface area contributed by atoms with Gasteiger partial charge in [0.25, 0.3) is 0 Å². The second-order valence-electron chi connectivity index (χ2n) is 4.89. The van der Waals surface area contributed by atoms with Crippen molar-refractivity contribution in [1.29, 1.82) is 5.26 Å². The highest BCUT2D eigenvalue weighted by molar-refractivity contribution is 6.30. The zero-order chi connectivity index (χ0) is 15.2. The van der Waals surface area contributed by atoms with Gasteiger partial charge in [-0.15, -0.1) is 0 Å². The maximum absolute atomic E-state index is 12.1. The number of rotatable bonds is 4. The highest BCUT2D eigenvalue weighted by Crippen LogP contribution is 2.15. The van der Waals surface area contributed by atoms with Crippen molar-refractivity contribution in [2.45, 2.75) is 12.8 Å². The van der Waals surface area contributed by atoms with Crippen LogP contribution in [0.3, 0.4) is 0 Å². The Balaban J connectivity index is 2.06. The number of nitriles is 1. The summed E-state index contributed by atoms with van der Waals surface area (Å²) in [6, 6.07) is 8.80. The number of benzene rings is 1. The van der Waals surface area contributed by atoms with E-state index in [1.165, 1.54) is 6.08 Å². The second kappa shape index (κ2) is 7.05. The summed E-state index contributed by atoms with van der Waals surface area (Å²) in [6.45, 7) is 1.25. The largest absolute Gasteiger partial charge is 0.341 e. The fourth-order valence-corrected chi connectivity index (χ4v) is 2.44. The summed E-state index contributed by atoms with van der Waals surface area (Å²) in [5.41, 5.74) is 0.751. The molecule has 108 valence electrons. The second-order valence-corrected chi connectivity index (χ2v) is 5.32. The lowest BCUT2D eigenvalue weighted by molar-refractivity contribution is -0.136. The number of amides is 1. The number of allylic oxidation sites excluding steroid dienone is 1. The first-order chi connectivity index (χ1) is 10.1. The molecular weight excluding hydrogens is 288 g/mol. The van der Waals surface area contributed by atoms with Crippen molar-refractivity contribution in [2.24, 2.45) is 5.92 Å². The normalized spacial score (nSPS) is 15.9. The predicted molar refractivity (Wildman–Crippen MR) is 80.4 cm³/mol. The van der Waals surface area contributed by atoms with Gasteiger partial charge in [-0.1, -0.05) is 29.8 Å². The van der Waals surface area contributed by atoms with Crippen LogP contribution in [0.2, 0.25) is 5.02 Å². The molecule has 0 unspecified atom stereocenters. The highest BCUT2D eigenvalue weighted by atomic mass is 35.5. The van der Waals surface area contributed by atoms with E-state index < -0.39 is 17.6 Å². The third kappa shape index (κ3) is 3.93. The highest BCUT2D eigenvalue weighted by Gasteiger charge is 2.30. The van der Waals surface area contributed by atoms with E-state index in [1.54, 1.807) is 35.2 Å². The third-order valence-electron chi connectivity index (χ3n) is 3.37. The van der Waals surface area contributed by atoms with Crippen LogP contribution in [0.4, 0.5) is 0 Å². The number of hydrogen-bond acceptors (Lipinski definition) is 3. The van der Waals surface area contributed by atoms with Gasteiger partial charge in [-0.2, -0.15) is 5.26 Å². The smallest absolute Gasteiger partial charge is 0.247 e. The zero-order valence-corrected chi connectivity index (χ0v) is 12.2. The van der Waals surface area contributed by atoms with Crippen molar-refractivity contribution in [3.63, 3.8) is 0 Å². The molecule has 0 radical (unpaired) electrons. The van der Waals surface area contributed by atoms with Crippen molar-refractivity contribution < 1.29 is 9.59 Å². The van der Waals surface area contributed by atoms with Crippen LogP contribution in [-0.4, -0.2) is 29.7 Å². The number of carbonyl (C=O) groups is 2. The van der Waals surface area contributed by atoms with Gasteiger partial charge in [0, 0.05) is 18.1 Å². The monoisotopic (exact) mass is 302 g/mol. The number of nitrogens with zero attached hydrogens (tertiary/aromatic N) is 2. The lowest BCUT2D eigenvalue weighted by Gasteiger charge is -2.17. The van der Waals surface area contributed by atoms with Crippen LogP contribution in [0.5, 0.6) is 0 Å². The molecule has 0 aromatic heterocycles. The Morgan fingerprint density at radius 2 is 2.05 bits per heavy atom. The van der Waals surface area contributed by atoms with E-state index in [4.69, 9.17) is 16.9 Å². The van der Waals surface area contributed by atoms with Gasteiger partial charge in [0.15, 0.2) is 11.7 Å². The van der Waals surface area contributed by atoms with E-state index in [9.17, 15) is 9.59 Å². The molecule has 1 amide bonds. The molecular formula is C16H15ClN2O2. The zero-order valence-electron chi connectivity index (χ0n) is 11.5. The molecule has 1 heterocycles. The fraction of sp³-hybridized carbons (Fsp3) is 0.312. The number of ketones is 1. The van der Waals surface area contributed by atoms with Crippen LogP contribution >= 0.6 is 11.6 Å². The van der Waals surface area contributed by atoms with Gasteiger partial charge in [0.2, 0.25) is 5.91 Å².